The fourth-order valence-electron chi connectivity index (χ4n) is 14.6. The van der Waals surface area contributed by atoms with E-state index in [4.69, 9.17) is 13.6 Å². The summed E-state index contributed by atoms with van der Waals surface area (Å²) in [4.78, 5) is 0. The molecule has 476 valence electrons. The zero-order valence-corrected chi connectivity index (χ0v) is 57.9. The number of hydrogen-bond donors (Lipinski definition) is 0. The van der Waals surface area contributed by atoms with Crippen LogP contribution in [0.2, 0.25) is 0 Å². The predicted octanol–water partition coefficient (Wildman–Crippen LogP) is 24.3. The summed E-state index contributed by atoms with van der Waals surface area (Å²) in [5.74, 6) is 1.07. The van der Waals surface area contributed by atoms with E-state index in [1.165, 1.54) is 0 Å². The molecule has 0 spiro atoms. The van der Waals surface area contributed by atoms with Gasteiger partial charge in [-0.2, -0.15) is 4.57 Å². The lowest BCUT2D eigenvalue weighted by molar-refractivity contribution is 0.292. The molecule has 0 aliphatic carbocycles. The van der Waals surface area contributed by atoms with Gasteiger partial charge in [0.25, 0.3) is 0 Å². The van der Waals surface area contributed by atoms with E-state index in [0.29, 0.717) is 17.2 Å². The Morgan fingerprint density at radius 1 is 0.211 bits per heavy atom. The number of phosphoric ester groups is 1. The molecule has 4 nitrogen and oxygen atoms in total. The molecule has 0 fully saturated rings. The van der Waals surface area contributed by atoms with Crippen molar-refractivity contribution in [2.45, 2.75) is 116 Å². The van der Waals surface area contributed by atoms with Crippen LogP contribution in [0.1, 0.15) is 150 Å². The number of rotatable bonds is 21. The zero-order valence-electron chi connectivity index (χ0n) is 57.0. The molecule has 0 radical (unpaired) electrons. The first-order valence-corrected chi connectivity index (χ1v) is 34.7. The van der Waals surface area contributed by atoms with Crippen LogP contribution in [0.25, 0.3) is 33.4 Å². The molecule has 12 aromatic rings. The van der Waals surface area contributed by atoms with Crippen molar-refractivity contribution in [2.75, 3.05) is 0 Å². The van der Waals surface area contributed by atoms with Gasteiger partial charge >= 0.3 is 7.82 Å². The highest BCUT2D eigenvalue weighted by molar-refractivity contribution is 7.49. The summed E-state index contributed by atoms with van der Waals surface area (Å²) < 4.78 is 41.7. The first-order chi connectivity index (χ1) is 45.5. The quantitative estimate of drug-likeness (QED) is 0.0673. The third-order valence-corrected chi connectivity index (χ3v) is 21.4. The van der Waals surface area contributed by atoms with E-state index in [-0.39, 0.29) is 0 Å². The van der Waals surface area contributed by atoms with E-state index >= 15 is 4.57 Å². The lowest BCUT2D eigenvalue weighted by Crippen LogP contribution is -2.28. The monoisotopic (exact) mass is 1260 g/mol. The van der Waals surface area contributed by atoms with E-state index in [1.807, 2.05) is 18.2 Å². The molecule has 0 saturated carbocycles. The maximum absolute atomic E-state index is 18.4. The molecule has 0 heterocycles. The summed E-state index contributed by atoms with van der Waals surface area (Å²) in [6.07, 6.45) is 0. The van der Waals surface area contributed by atoms with Gasteiger partial charge in [0.2, 0.25) is 0 Å². The molecule has 0 aromatic heterocycles. The molecule has 0 bridgehead atoms. The van der Waals surface area contributed by atoms with Crippen molar-refractivity contribution >= 4 is 7.82 Å². The highest BCUT2D eigenvalue weighted by Crippen LogP contribution is 2.61. The fraction of sp³-hybridized carbons (Fsp3) is 0.200. The topological polar surface area (TPSA) is 44.8 Å². The van der Waals surface area contributed by atoms with Crippen LogP contribution in [-0.4, -0.2) is 0 Å². The van der Waals surface area contributed by atoms with E-state index < -0.39 is 40.3 Å². The Kier molecular flexibility index (Phi) is 18.0. The van der Waals surface area contributed by atoms with E-state index in [0.717, 1.165) is 100 Å². The van der Waals surface area contributed by atoms with Gasteiger partial charge in [0, 0.05) is 49.2 Å². The third-order valence-electron chi connectivity index (χ3n) is 20.2. The second-order valence-electron chi connectivity index (χ2n) is 28.3. The molecule has 0 aliphatic heterocycles. The van der Waals surface area contributed by atoms with Crippen LogP contribution in [-0.2, 0) is 37.1 Å². The van der Waals surface area contributed by atoms with Crippen molar-refractivity contribution in [3.8, 4) is 50.6 Å². The van der Waals surface area contributed by atoms with Gasteiger partial charge in [-0.15, -0.1) is 0 Å². The standard InChI is InChI=1S/C90H87O4P/c1-85(2,67-46-28-16-29-47-67)73-58-61-76(82(79(73)64-40-22-13-23-41-64)88(7,8)70-52-34-19-35-53-70)92-95(91,93-77-62-59-74(86(3,4)68-48-30-17-31-49-68)80(65-42-24-14-25-43-65)83(77)89(9,10)71-54-36-20-37-55-71)94-78-63-60-75(87(5,6)69-50-32-18-33-51-69)81(66-44-26-15-27-45-66)84(78)90(11,12)72-56-38-21-39-57-72/h13-63H,1-12H3. The van der Waals surface area contributed by atoms with Crippen LogP contribution in [0, 0.1) is 0 Å². The molecule has 95 heavy (non-hydrogen) atoms. The van der Waals surface area contributed by atoms with Crippen LogP contribution < -0.4 is 13.6 Å². The minimum atomic E-state index is -5.12. The number of phosphoric acid groups is 1. The average molecular weight is 1260 g/mol. The van der Waals surface area contributed by atoms with Crippen molar-refractivity contribution in [2.24, 2.45) is 0 Å². The maximum atomic E-state index is 18.4. The summed E-state index contributed by atoms with van der Waals surface area (Å²) in [6, 6.07) is 108. The Morgan fingerprint density at radius 3 is 0.568 bits per heavy atom. The van der Waals surface area contributed by atoms with Crippen LogP contribution >= 0.6 is 7.82 Å². The molecule has 0 unspecified atom stereocenters. The van der Waals surface area contributed by atoms with E-state index in [1.54, 1.807) is 0 Å². The van der Waals surface area contributed by atoms with Crippen LogP contribution in [0.3, 0.4) is 0 Å². The molecule has 5 heteroatoms. The Labute approximate surface area is 565 Å². The number of benzene rings is 12. The van der Waals surface area contributed by atoms with Gasteiger partial charge < -0.3 is 13.6 Å². The summed E-state index contributed by atoms with van der Waals surface area (Å²) >= 11 is 0. The first-order valence-electron chi connectivity index (χ1n) is 33.3. The van der Waals surface area contributed by atoms with Gasteiger partial charge in [0.15, 0.2) is 0 Å². The zero-order chi connectivity index (χ0) is 66.8. The normalized spacial score (nSPS) is 12.5. The first kappa shape index (κ1) is 65.3. The second kappa shape index (κ2) is 26.2. The SMILES string of the molecule is CC(C)(c1ccccc1)c1ccc(OP(=O)(Oc2ccc(C(C)(C)c3ccccc3)c(-c3ccccc3)c2C(C)(C)c2ccccc2)Oc2ccc(C(C)(C)c3ccccc3)c(-c3ccccc3)c2C(C)(C)c2ccccc2)c(C(C)(C)c2ccccc2)c1-c1ccccc1. The molecule has 12 rings (SSSR count). The molecule has 0 saturated heterocycles. The van der Waals surface area contributed by atoms with Gasteiger partial charge in [0.05, 0.1) is 0 Å². The van der Waals surface area contributed by atoms with Gasteiger partial charge in [-0.25, -0.2) is 0 Å². The molecule has 0 aliphatic rings. The average Bonchev–Trinajstić information content (AvgIpc) is 0.740. The van der Waals surface area contributed by atoms with Crippen LogP contribution in [0.4, 0.5) is 0 Å². The Bertz CT molecular complexity index is 4170. The van der Waals surface area contributed by atoms with Crippen LogP contribution in [0.15, 0.2) is 309 Å². The Morgan fingerprint density at radius 2 is 0.379 bits per heavy atom. The molecular weight excluding hydrogens is 1180 g/mol. The van der Waals surface area contributed by atoms with E-state index in [2.05, 4.69) is 374 Å². The molecule has 0 amide bonds. The molecule has 12 aromatic carbocycles. The fourth-order valence-corrected chi connectivity index (χ4v) is 15.9. The third kappa shape index (κ3) is 12.7. The van der Waals surface area contributed by atoms with Crippen molar-refractivity contribution < 1.29 is 18.1 Å². The van der Waals surface area contributed by atoms with Crippen molar-refractivity contribution in [1.82, 2.24) is 0 Å². The van der Waals surface area contributed by atoms with Gasteiger partial charge in [-0.3, -0.25) is 0 Å². The summed E-state index contributed by atoms with van der Waals surface area (Å²) in [6.45, 7) is 27.1. The minimum Gasteiger partial charge on any atom is -0.386 e. The van der Waals surface area contributed by atoms with E-state index in [9.17, 15) is 0 Å². The van der Waals surface area contributed by atoms with Gasteiger partial charge in [-0.05, 0) is 102 Å². The van der Waals surface area contributed by atoms with Crippen LogP contribution in [0.5, 0.6) is 17.2 Å². The highest BCUT2D eigenvalue weighted by atomic mass is 31.2. The van der Waals surface area contributed by atoms with Crippen molar-refractivity contribution in [3.05, 3.63) is 376 Å². The van der Waals surface area contributed by atoms with Gasteiger partial charge in [-0.1, -0.05) is 374 Å². The molecular formula is C90H87O4P. The summed E-state index contributed by atoms with van der Waals surface area (Å²) in [5, 5.41) is 0. The summed E-state index contributed by atoms with van der Waals surface area (Å²) in [5.41, 5.74) is 14.1. The maximum Gasteiger partial charge on any atom is 0.647 e. The lowest BCUT2D eigenvalue weighted by atomic mass is 9.68. The lowest BCUT2D eigenvalue weighted by Gasteiger charge is -2.38. The molecule has 0 atom stereocenters. The van der Waals surface area contributed by atoms with Gasteiger partial charge in [0.1, 0.15) is 17.2 Å². The Balaban J connectivity index is 1.21. The largest absolute Gasteiger partial charge is 0.647 e. The van der Waals surface area contributed by atoms with Crippen molar-refractivity contribution in [3.63, 3.8) is 0 Å². The number of hydrogen-bond acceptors (Lipinski definition) is 4. The highest BCUT2D eigenvalue weighted by Gasteiger charge is 2.46. The molecule has 0 N–H and O–H groups in total. The van der Waals surface area contributed by atoms with Crippen molar-refractivity contribution in [1.29, 1.82) is 0 Å². The minimum absolute atomic E-state index is 0.358. The summed E-state index contributed by atoms with van der Waals surface area (Å²) in [7, 11) is -5.12. The predicted molar refractivity (Wildman–Crippen MR) is 397 cm³/mol. The second-order valence-corrected chi connectivity index (χ2v) is 29.8. The Hall–Kier alpha value is -9.73. The smallest absolute Gasteiger partial charge is 0.386 e.